The minimum Gasteiger partial charge on any atom is -0.497 e. The molecule has 0 aliphatic rings. The van der Waals surface area contributed by atoms with Crippen molar-refractivity contribution in [1.82, 2.24) is 4.98 Å². The summed E-state index contributed by atoms with van der Waals surface area (Å²) >= 11 is 0. The van der Waals surface area contributed by atoms with Crippen LogP contribution in [0.5, 0.6) is 5.75 Å². The Balaban J connectivity index is 2.17. The lowest BCUT2D eigenvalue weighted by atomic mass is 9.99. The second-order valence-corrected chi connectivity index (χ2v) is 5.54. The molecule has 26 heavy (non-hydrogen) atoms. The Morgan fingerprint density at radius 3 is 2.31 bits per heavy atom. The lowest BCUT2D eigenvalue weighted by molar-refractivity contribution is -0.137. The van der Waals surface area contributed by atoms with Crippen LogP contribution in [0.1, 0.15) is 15.9 Å². The van der Waals surface area contributed by atoms with Crippen LogP contribution in [0, 0.1) is 0 Å². The van der Waals surface area contributed by atoms with E-state index in [2.05, 4.69) is 9.72 Å². The molecule has 7 heteroatoms. The van der Waals surface area contributed by atoms with Crippen molar-refractivity contribution in [3.8, 4) is 16.9 Å². The highest BCUT2D eigenvalue weighted by molar-refractivity contribution is 5.99. The van der Waals surface area contributed by atoms with E-state index in [1.54, 1.807) is 18.2 Å². The van der Waals surface area contributed by atoms with Crippen molar-refractivity contribution < 1.29 is 27.4 Å². The standard InChI is InChI=1S/C19H14F3NO3/c1-25-15-8-12-7-13(18(24)26-2)10-23-17(12)16(9-15)11-3-5-14(6-4-11)19(20,21)22/h3-10H,1-2H3. The molecule has 0 amide bonds. The molecule has 134 valence electrons. The van der Waals surface area contributed by atoms with Gasteiger partial charge in [0.15, 0.2) is 0 Å². The van der Waals surface area contributed by atoms with Gasteiger partial charge in [-0.1, -0.05) is 12.1 Å². The molecule has 0 unspecified atom stereocenters. The van der Waals surface area contributed by atoms with Gasteiger partial charge in [-0.25, -0.2) is 4.79 Å². The summed E-state index contributed by atoms with van der Waals surface area (Å²) in [6.07, 6.45) is -3.03. The van der Waals surface area contributed by atoms with Crippen molar-refractivity contribution in [2.75, 3.05) is 14.2 Å². The molecule has 0 aliphatic carbocycles. The van der Waals surface area contributed by atoms with Crippen LogP contribution in [0.25, 0.3) is 22.0 Å². The first-order valence-corrected chi connectivity index (χ1v) is 7.57. The van der Waals surface area contributed by atoms with Crippen LogP contribution in [0.3, 0.4) is 0 Å². The molecular weight excluding hydrogens is 347 g/mol. The first kappa shape index (κ1) is 17.7. The van der Waals surface area contributed by atoms with Crippen LogP contribution in [-0.2, 0) is 10.9 Å². The van der Waals surface area contributed by atoms with Crippen molar-refractivity contribution in [1.29, 1.82) is 0 Å². The third-order valence-corrected chi connectivity index (χ3v) is 3.94. The third-order valence-electron chi connectivity index (χ3n) is 3.94. The fraction of sp³-hybridized carbons (Fsp3) is 0.158. The van der Waals surface area contributed by atoms with Gasteiger partial charge < -0.3 is 9.47 Å². The number of ether oxygens (including phenoxy) is 2. The van der Waals surface area contributed by atoms with Crippen LogP contribution < -0.4 is 4.74 Å². The highest BCUT2D eigenvalue weighted by Gasteiger charge is 2.30. The monoisotopic (exact) mass is 361 g/mol. The molecule has 3 aromatic rings. The number of benzene rings is 2. The van der Waals surface area contributed by atoms with Gasteiger partial charge in [0, 0.05) is 17.1 Å². The second kappa shape index (κ2) is 6.67. The quantitative estimate of drug-likeness (QED) is 0.634. The summed E-state index contributed by atoms with van der Waals surface area (Å²) < 4.78 is 48.3. The lowest BCUT2D eigenvalue weighted by Gasteiger charge is -2.12. The maximum Gasteiger partial charge on any atom is 0.416 e. The molecule has 0 saturated carbocycles. The summed E-state index contributed by atoms with van der Waals surface area (Å²) in [5, 5.41) is 0.613. The Morgan fingerprint density at radius 2 is 1.73 bits per heavy atom. The number of fused-ring (bicyclic) bond motifs is 1. The summed E-state index contributed by atoms with van der Waals surface area (Å²) in [4.78, 5) is 16.0. The fourth-order valence-corrected chi connectivity index (χ4v) is 2.63. The van der Waals surface area contributed by atoms with Gasteiger partial charge in [0.1, 0.15) is 5.75 Å². The molecule has 3 rings (SSSR count). The normalized spacial score (nSPS) is 11.4. The predicted molar refractivity (Wildman–Crippen MR) is 90.1 cm³/mol. The number of hydrogen-bond donors (Lipinski definition) is 0. The Hall–Kier alpha value is -3.09. The average molecular weight is 361 g/mol. The van der Waals surface area contributed by atoms with E-state index in [1.165, 1.54) is 32.5 Å². The van der Waals surface area contributed by atoms with Crippen molar-refractivity contribution in [2.45, 2.75) is 6.18 Å². The zero-order valence-corrected chi connectivity index (χ0v) is 13.9. The van der Waals surface area contributed by atoms with Gasteiger partial charge in [0.25, 0.3) is 0 Å². The minimum absolute atomic E-state index is 0.270. The van der Waals surface area contributed by atoms with Crippen LogP contribution in [0.4, 0.5) is 13.2 Å². The van der Waals surface area contributed by atoms with E-state index in [-0.39, 0.29) is 5.56 Å². The molecule has 1 aromatic heterocycles. The molecule has 0 bridgehead atoms. The zero-order valence-electron chi connectivity index (χ0n) is 13.9. The molecule has 0 N–H and O–H groups in total. The Kier molecular flexibility index (Phi) is 4.54. The molecule has 1 heterocycles. The van der Waals surface area contributed by atoms with Gasteiger partial charge in [0.05, 0.1) is 30.9 Å². The summed E-state index contributed by atoms with van der Waals surface area (Å²) in [5.74, 6) is -0.0329. The number of aromatic nitrogens is 1. The Bertz CT molecular complexity index is 966. The number of alkyl halides is 3. The van der Waals surface area contributed by atoms with Gasteiger partial charge in [0.2, 0.25) is 0 Å². The van der Waals surface area contributed by atoms with Gasteiger partial charge in [-0.2, -0.15) is 13.2 Å². The summed E-state index contributed by atoms with van der Waals surface area (Å²) in [6, 6.07) is 9.79. The third kappa shape index (κ3) is 3.33. The number of methoxy groups -OCH3 is 2. The van der Waals surface area contributed by atoms with Gasteiger partial charge >= 0.3 is 12.1 Å². The number of halogens is 3. The number of rotatable bonds is 3. The Morgan fingerprint density at radius 1 is 1.04 bits per heavy atom. The summed E-state index contributed by atoms with van der Waals surface area (Å²) in [7, 11) is 2.75. The molecule has 0 atom stereocenters. The van der Waals surface area contributed by atoms with Gasteiger partial charge in [-0.3, -0.25) is 4.98 Å². The van der Waals surface area contributed by atoms with E-state index >= 15 is 0 Å². The van der Waals surface area contributed by atoms with Crippen LogP contribution in [-0.4, -0.2) is 25.2 Å². The smallest absolute Gasteiger partial charge is 0.416 e. The minimum atomic E-state index is -4.40. The van der Waals surface area contributed by atoms with Crippen LogP contribution >= 0.6 is 0 Å². The molecule has 0 spiro atoms. The van der Waals surface area contributed by atoms with Crippen molar-refractivity contribution in [2.24, 2.45) is 0 Å². The number of esters is 1. The molecule has 0 saturated heterocycles. The molecular formula is C19H14F3NO3. The van der Waals surface area contributed by atoms with Crippen LogP contribution in [0.15, 0.2) is 48.7 Å². The van der Waals surface area contributed by atoms with E-state index in [0.29, 0.717) is 27.8 Å². The van der Waals surface area contributed by atoms with E-state index in [9.17, 15) is 18.0 Å². The Labute approximate surface area is 147 Å². The van der Waals surface area contributed by atoms with Crippen molar-refractivity contribution >= 4 is 16.9 Å². The number of carbonyl (C=O) groups excluding carboxylic acids is 1. The highest BCUT2D eigenvalue weighted by Crippen LogP contribution is 2.35. The summed E-state index contributed by atoms with van der Waals surface area (Å²) in [5.41, 5.74) is 1.24. The number of pyridine rings is 1. The van der Waals surface area contributed by atoms with E-state index in [1.807, 2.05) is 0 Å². The van der Waals surface area contributed by atoms with E-state index < -0.39 is 17.7 Å². The highest BCUT2D eigenvalue weighted by atomic mass is 19.4. The molecule has 0 fully saturated rings. The number of nitrogens with zero attached hydrogens (tertiary/aromatic N) is 1. The first-order chi connectivity index (χ1) is 12.3. The SMILES string of the molecule is COC(=O)c1cnc2c(-c3ccc(C(F)(F)F)cc3)cc(OC)cc2c1. The molecule has 4 nitrogen and oxygen atoms in total. The van der Waals surface area contributed by atoms with E-state index in [4.69, 9.17) is 4.74 Å². The predicted octanol–water partition coefficient (Wildman–Crippen LogP) is 4.72. The molecule has 0 radical (unpaired) electrons. The van der Waals surface area contributed by atoms with E-state index in [0.717, 1.165) is 12.1 Å². The maximum absolute atomic E-state index is 12.8. The molecule has 0 aliphatic heterocycles. The number of carbonyl (C=O) groups is 1. The van der Waals surface area contributed by atoms with Gasteiger partial charge in [-0.05, 0) is 35.9 Å². The molecule has 2 aromatic carbocycles. The first-order valence-electron chi connectivity index (χ1n) is 7.57. The largest absolute Gasteiger partial charge is 0.497 e. The summed E-state index contributed by atoms with van der Waals surface area (Å²) in [6.45, 7) is 0. The van der Waals surface area contributed by atoms with Crippen molar-refractivity contribution in [3.05, 3.63) is 59.8 Å². The van der Waals surface area contributed by atoms with Crippen LogP contribution in [0.2, 0.25) is 0 Å². The second-order valence-electron chi connectivity index (χ2n) is 5.54. The fourth-order valence-electron chi connectivity index (χ4n) is 2.63. The topological polar surface area (TPSA) is 48.4 Å². The lowest BCUT2D eigenvalue weighted by Crippen LogP contribution is -2.04. The number of hydrogen-bond acceptors (Lipinski definition) is 4. The van der Waals surface area contributed by atoms with Gasteiger partial charge in [-0.15, -0.1) is 0 Å². The maximum atomic E-state index is 12.8. The van der Waals surface area contributed by atoms with Crippen molar-refractivity contribution in [3.63, 3.8) is 0 Å². The average Bonchev–Trinajstić information content (AvgIpc) is 2.65. The zero-order chi connectivity index (χ0) is 18.9.